The van der Waals surface area contributed by atoms with Crippen LogP contribution in [0.1, 0.15) is 74.4 Å². The Morgan fingerprint density at radius 1 is 1.08 bits per heavy atom. The minimum atomic E-state index is -4.54. The summed E-state index contributed by atoms with van der Waals surface area (Å²) >= 11 is 0. The lowest BCUT2D eigenvalue weighted by molar-refractivity contribution is -0.156. The number of nitrogens with one attached hydrogen (secondary N) is 1. The van der Waals surface area contributed by atoms with Crippen molar-refractivity contribution >= 4 is 17.5 Å². The Labute approximate surface area is 209 Å². The van der Waals surface area contributed by atoms with Crippen molar-refractivity contribution in [2.24, 2.45) is 0 Å². The summed E-state index contributed by atoms with van der Waals surface area (Å²) < 4.78 is 43.9. The van der Waals surface area contributed by atoms with Crippen LogP contribution in [0, 0.1) is 0 Å². The number of rotatable bonds is 7. The van der Waals surface area contributed by atoms with Crippen LogP contribution < -0.4 is 10.2 Å². The lowest BCUT2D eigenvalue weighted by atomic mass is 9.90. The van der Waals surface area contributed by atoms with E-state index in [-0.39, 0.29) is 23.1 Å². The van der Waals surface area contributed by atoms with Gasteiger partial charge in [0.2, 0.25) is 5.91 Å². The van der Waals surface area contributed by atoms with Crippen molar-refractivity contribution in [2.45, 2.75) is 76.4 Å². The van der Waals surface area contributed by atoms with Crippen molar-refractivity contribution in [2.75, 3.05) is 42.9 Å². The molecule has 36 heavy (non-hydrogen) atoms. The molecule has 2 aromatic heterocycles. The first-order chi connectivity index (χ1) is 17.3. The van der Waals surface area contributed by atoms with Crippen LogP contribution >= 0.6 is 0 Å². The van der Waals surface area contributed by atoms with Gasteiger partial charge in [0.25, 0.3) is 0 Å². The lowest BCUT2D eigenvalue weighted by Crippen LogP contribution is -2.38. The van der Waals surface area contributed by atoms with Gasteiger partial charge in [-0.1, -0.05) is 13.3 Å². The second-order valence-corrected chi connectivity index (χ2v) is 10.1. The Bertz CT molecular complexity index is 1070. The summed E-state index contributed by atoms with van der Waals surface area (Å²) in [5.41, 5.74) is 1.10. The molecule has 2 fully saturated rings. The van der Waals surface area contributed by atoms with Gasteiger partial charge in [0, 0.05) is 44.7 Å². The average molecular weight is 506 g/mol. The van der Waals surface area contributed by atoms with Crippen molar-refractivity contribution in [1.82, 2.24) is 24.4 Å². The number of halogens is 3. The van der Waals surface area contributed by atoms with Crippen LogP contribution in [0.3, 0.4) is 0 Å². The van der Waals surface area contributed by atoms with Gasteiger partial charge in [-0.05, 0) is 45.2 Å². The van der Waals surface area contributed by atoms with Crippen molar-refractivity contribution in [3.8, 4) is 0 Å². The van der Waals surface area contributed by atoms with Gasteiger partial charge in [-0.15, -0.1) is 0 Å². The van der Waals surface area contributed by atoms with Gasteiger partial charge < -0.3 is 19.7 Å². The molecule has 0 bridgehead atoms. The molecule has 196 valence electrons. The third-order valence-corrected chi connectivity index (χ3v) is 7.63. The molecule has 0 spiro atoms. The number of hydrogen-bond acceptors (Lipinski definition) is 6. The Hall–Kier alpha value is -2.69. The number of alkyl halides is 3. The molecular formula is C25H34F3N7O. The average Bonchev–Trinajstić information content (AvgIpc) is 3.51. The number of imidazole rings is 1. The van der Waals surface area contributed by atoms with Crippen molar-refractivity contribution in [1.29, 1.82) is 0 Å². The van der Waals surface area contributed by atoms with E-state index in [9.17, 15) is 18.0 Å². The first-order valence-electron chi connectivity index (χ1n) is 13.1. The van der Waals surface area contributed by atoms with E-state index in [1.807, 2.05) is 4.90 Å². The van der Waals surface area contributed by atoms with Crippen molar-refractivity contribution in [3.05, 3.63) is 29.6 Å². The van der Waals surface area contributed by atoms with E-state index >= 15 is 0 Å². The van der Waals surface area contributed by atoms with Crippen LogP contribution in [-0.4, -0.2) is 69.2 Å². The molecule has 8 nitrogen and oxygen atoms in total. The maximum atomic E-state index is 13.8. The van der Waals surface area contributed by atoms with Crippen LogP contribution in [0.5, 0.6) is 0 Å². The normalized spacial score (nSPS) is 21.6. The number of carbonyl (C=O) groups excluding carboxylic acids is 1. The van der Waals surface area contributed by atoms with Crippen LogP contribution in [0.2, 0.25) is 0 Å². The largest absolute Gasteiger partial charge is 0.396 e. The topological polar surface area (TPSA) is 79.2 Å². The number of nitrogens with zero attached hydrogens (tertiary/aromatic N) is 6. The van der Waals surface area contributed by atoms with Gasteiger partial charge in [0.15, 0.2) is 0 Å². The van der Waals surface area contributed by atoms with E-state index in [1.54, 1.807) is 0 Å². The molecule has 1 N–H and O–H groups in total. The van der Waals surface area contributed by atoms with Crippen LogP contribution in [-0.2, 0) is 17.8 Å². The number of piperidine rings is 1. The number of anilines is 2. The molecule has 3 aliphatic heterocycles. The number of amides is 1. The predicted octanol–water partition coefficient (Wildman–Crippen LogP) is 4.09. The number of hydrogen-bond donors (Lipinski definition) is 1. The zero-order valence-corrected chi connectivity index (χ0v) is 20.7. The van der Waals surface area contributed by atoms with E-state index in [2.05, 4.69) is 37.9 Å². The van der Waals surface area contributed by atoms with Gasteiger partial charge in [0.1, 0.15) is 23.8 Å². The molecule has 0 aliphatic carbocycles. The Balaban J connectivity index is 1.33. The third-order valence-electron chi connectivity index (χ3n) is 7.63. The smallest absolute Gasteiger partial charge is 0.356 e. The van der Waals surface area contributed by atoms with Gasteiger partial charge in [-0.2, -0.15) is 13.2 Å². The summed E-state index contributed by atoms with van der Waals surface area (Å²) in [7, 11) is 0. The van der Waals surface area contributed by atoms with E-state index in [0.29, 0.717) is 13.1 Å². The van der Waals surface area contributed by atoms with E-state index in [0.717, 1.165) is 63.4 Å². The highest BCUT2D eigenvalue weighted by molar-refractivity contribution is 5.94. The SMILES string of the molecule is CCCc1cn(CCN2CCCC2)c(C2CCN(c3ncnc4c3C(C(F)(F)F)CC(=O)N4)CC2)n1. The van der Waals surface area contributed by atoms with Gasteiger partial charge in [0.05, 0.1) is 17.2 Å². The fraction of sp³-hybridized carbons (Fsp3) is 0.680. The summed E-state index contributed by atoms with van der Waals surface area (Å²) in [5.74, 6) is -0.955. The van der Waals surface area contributed by atoms with Crippen LogP contribution in [0.25, 0.3) is 0 Å². The maximum Gasteiger partial charge on any atom is 0.396 e. The molecular weight excluding hydrogens is 471 g/mol. The highest BCUT2D eigenvalue weighted by Crippen LogP contribution is 2.46. The van der Waals surface area contributed by atoms with Crippen LogP contribution in [0.15, 0.2) is 12.5 Å². The molecule has 2 saturated heterocycles. The Morgan fingerprint density at radius 2 is 1.83 bits per heavy atom. The minimum Gasteiger partial charge on any atom is -0.356 e. The molecule has 1 amide bonds. The number of fused-ring (bicyclic) bond motifs is 1. The summed E-state index contributed by atoms with van der Waals surface area (Å²) in [5, 5.41) is 2.50. The Kier molecular flexibility index (Phi) is 7.18. The quantitative estimate of drug-likeness (QED) is 0.611. The fourth-order valence-corrected chi connectivity index (χ4v) is 5.78. The molecule has 1 unspecified atom stereocenters. The maximum absolute atomic E-state index is 13.8. The standard InChI is InChI=1S/C25H34F3N7O/c1-2-5-18-15-35(13-12-33-8-3-4-9-33)23(31-18)17-6-10-34(11-7-17)24-21-19(25(26,27)28)14-20(36)32-22(21)29-16-30-24/h15-17,19H,2-14H2,1H3,(H,29,30,32,36). The number of aryl methyl sites for hydroxylation is 1. The van der Waals surface area contributed by atoms with Gasteiger partial charge >= 0.3 is 6.18 Å². The zero-order valence-electron chi connectivity index (χ0n) is 20.7. The van der Waals surface area contributed by atoms with Gasteiger partial charge in [-0.3, -0.25) is 4.79 Å². The molecule has 0 saturated carbocycles. The second-order valence-electron chi connectivity index (χ2n) is 10.1. The highest BCUT2D eigenvalue weighted by Gasteiger charge is 2.48. The minimum absolute atomic E-state index is 0.0135. The number of carbonyl (C=O) groups is 1. The molecule has 5 heterocycles. The van der Waals surface area contributed by atoms with Crippen molar-refractivity contribution < 1.29 is 18.0 Å². The van der Waals surface area contributed by atoms with E-state index in [1.165, 1.54) is 19.2 Å². The number of likely N-dealkylation sites (tertiary alicyclic amines) is 1. The first-order valence-corrected chi connectivity index (χ1v) is 13.1. The molecule has 2 aromatic rings. The molecule has 1 atom stereocenters. The monoisotopic (exact) mass is 505 g/mol. The van der Waals surface area contributed by atoms with Gasteiger partial charge in [-0.25, -0.2) is 15.0 Å². The summed E-state index contributed by atoms with van der Waals surface area (Å²) in [6.07, 6.45) is 4.34. The summed E-state index contributed by atoms with van der Waals surface area (Å²) in [6.45, 7) is 7.56. The lowest BCUT2D eigenvalue weighted by Gasteiger charge is -2.36. The number of aromatic nitrogens is 4. The Morgan fingerprint density at radius 3 is 2.53 bits per heavy atom. The molecule has 3 aliphatic rings. The molecule has 0 radical (unpaired) electrons. The zero-order chi connectivity index (χ0) is 25.3. The van der Waals surface area contributed by atoms with E-state index < -0.39 is 24.4 Å². The van der Waals surface area contributed by atoms with E-state index in [4.69, 9.17) is 4.98 Å². The van der Waals surface area contributed by atoms with Crippen LogP contribution in [0.4, 0.5) is 24.8 Å². The summed E-state index contributed by atoms with van der Waals surface area (Å²) in [6, 6.07) is 0. The molecule has 11 heteroatoms. The van der Waals surface area contributed by atoms with Crippen molar-refractivity contribution in [3.63, 3.8) is 0 Å². The predicted molar refractivity (Wildman–Crippen MR) is 130 cm³/mol. The molecule has 0 aromatic carbocycles. The highest BCUT2D eigenvalue weighted by atomic mass is 19.4. The fourth-order valence-electron chi connectivity index (χ4n) is 5.78. The summed E-state index contributed by atoms with van der Waals surface area (Å²) in [4.78, 5) is 29.5. The third kappa shape index (κ3) is 5.21. The first kappa shape index (κ1) is 25.0. The molecule has 5 rings (SSSR count). The second kappa shape index (κ2) is 10.4.